The first-order valence-electron chi connectivity index (χ1n) is 7.12. The van der Waals surface area contributed by atoms with Crippen LogP contribution in [-0.2, 0) is 11.4 Å². The van der Waals surface area contributed by atoms with E-state index in [-0.39, 0.29) is 29.6 Å². The summed E-state index contributed by atoms with van der Waals surface area (Å²) in [6.07, 6.45) is 0. The Labute approximate surface area is 134 Å². The Morgan fingerprint density at radius 3 is 2.39 bits per heavy atom. The van der Waals surface area contributed by atoms with E-state index < -0.39 is 5.60 Å². The summed E-state index contributed by atoms with van der Waals surface area (Å²) in [6, 6.07) is 8.54. The third kappa shape index (κ3) is 4.50. The molecule has 0 unspecified atom stereocenters. The van der Waals surface area contributed by atoms with Crippen molar-refractivity contribution in [2.45, 2.75) is 33.0 Å². The van der Waals surface area contributed by atoms with Gasteiger partial charge in [-0.1, -0.05) is 5.16 Å². The van der Waals surface area contributed by atoms with Crippen molar-refractivity contribution < 1.29 is 19.4 Å². The molecule has 0 saturated heterocycles. The van der Waals surface area contributed by atoms with Crippen LogP contribution in [0.4, 0.5) is 4.39 Å². The largest absolute Gasteiger partial charge is 0.506 e. The van der Waals surface area contributed by atoms with Crippen molar-refractivity contribution in [3.63, 3.8) is 0 Å². The number of benzene rings is 1. The summed E-state index contributed by atoms with van der Waals surface area (Å²) in [7, 11) is 0. The third-order valence-electron chi connectivity index (χ3n) is 2.85. The van der Waals surface area contributed by atoms with Gasteiger partial charge in [-0.3, -0.25) is 0 Å². The number of aromatic hydroxyl groups is 1. The van der Waals surface area contributed by atoms with Crippen LogP contribution in [0, 0.1) is 5.82 Å². The maximum absolute atomic E-state index is 13.2. The summed E-state index contributed by atoms with van der Waals surface area (Å²) in [5.74, 6) is -0.492. The van der Waals surface area contributed by atoms with E-state index in [4.69, 9.17) is 4.84 Å². The Morgan fingerprint density at radius 2 is 1.83 bits per heavy atom. The van der Waals surface area contributed by atoms with E-state index in [0.717, 1.165) is 0 Å². The molecule has 1 aromatic carbocycles. The van der Waals surface area contributed by atoms with Gasteiger partial charge >= 0.3 is 0 Å². The number of hydrogen-bond acceptors (Lipinski definition) is 5. The number of pyridine rings is 1. The quantitative estimate of drug-likeness (QED) is 0.671. The molecule has 0 fully saturated rings. The molecule has 0 spiro atoms. The summed E-state index contributed by atoms with van der Waals surface area (Å²) < 4.78 is 13.2. The highest BCUT2D eigenvalue weighted by Crippen LogP contribution is 2.21. The number of rotatable bonds is 4. The van der Waals surface area contributed by atoms with Crippen LogP contribution < -0.4 is 0 Å². The molecule has 1 heterocycles. The van der Waals surface area contributed by atoms with Crippen molar-refractivity contribution in [2.24, 2.45) is 5.16 Å². The summed E-state index contributed by atoms with van der Waals surface area (Å²) in [5.41, 5.74) is 0.784. The molecule has 0 bridgehead atoms. The Bertz CT molecular complexity index is 707. The number of oxime groups is 1. The topological polar surface area (TPSA) is 74.9 Å². The van der Waals surface area contributed by atoms with Crippen molar-refractivity contribution in [3.8, 4) is 5.75 Å². The lowest BCUT2D eigenvalue weighted by Gasteiger charge is -2.17. The van der Waals surface area contributed by atoms with Crippen molar-refractivity contribution in [3.05, 3.63) is 59.2 Å². The summed E-state index contributed by atoms with van der Waals surface area (Å²) in [6.45, 7) is 5.22. The lowest BCUT2D eigenvalue weighted by Crippen LogP contribution is -2.18. The average molecular weight is 318 g/mol. The molecule has 2 aromatic rings. The van der Waals surface area contributed by atoms with E-state index in [9.17, 15) is 14.6 Å². The molecular weight excluding hydrogens is 299 g/mol. The number of aliphatic hydroxyl groups excluding tert-OH is 1. The Kier molecular flexibility index (Phi) is 4.95. The van der Waals surface area contributed by atoms with E-state index >= 15 is 0 Å². The van der Waals surface area contributed by atoms with Crippen LogP contribution in [0.2, 0.25) is 0 Å². The molecule has 6 heteroatoms. The van der Waals surface area contributed by atoms with Crippen LogP contribution in [0.25, 0.3) is 0 Å². The Hall–Kier alpha value is -2.47. The van der Waals surface area contributed by atoms with Crippen LogP contribution in [-0.4, -0.2) is 26.5 Å². The minimum atomic E-state index is -0.546. The van der Waals surface area contributed by atoms with Gasteiger partial charge in [-0.15, -0.1) is 0 Å². The van der Waals surface area contributed by atoms with Crippen molar-refractivity contribution >= 4 is 5.71 Å². The van der Waals surface area contributed by atoms with Gasteiger partial charge in [0, 0.05) is 5.56 Å². The molecule has 23 heavy (non-hydrogen) atoms. The smallest absolute Gasteiger partial charge is 0.143 e. The molecule has 0 saturated carbocycles. The predicted octanol–water partition coefficient (Wildman–Crippen LogP) is 2.99. The second-order valence-corrected chi connectivity index (χ2v) is 5.98. The van der Waals surface area contributed by atoms with Gasteiger partial charge in [0.2, 0.25) is 0 Å². The maximum Gasteiger partial charge on any atom is 0.143 e. The first-order valence-corrected chi connectivity index (χ1v) is 7.12. The number of nitrogens with zero attached hydrogens (tertiary/aromatic N) is 2. The minimum absolute atomic E-state index is 0.109. The Morgan fingerprint density at radius 1 is 1.17 bits per heavy atom. The number of hydrogen-bond donors (Lipinski definition) is 2. The van der Waals surface area contributed by atoms with E-state index in [2.05, 4.69) is 10.1 Å². The molecule has 2 N–H and O–H groups in total. The average Bonchev–Trinajstić information content (AvgIpc) is 2.49. The fraction of sp³-hybridized carbons (Fsp3) is 0.294. The van der Waals surface area contributed by atoms with Crippen LogP contribution in [0.1, 0.15) is 37.7 Å². The second kappa shape index (κ2) is 6.75. The van der Waals surface area contributed by atoms with Crippen molar-refractivity contribution in [2.75, 3.05) is 0 Å². The summed E-state index contributed by atoms with van der Waals surface area (Å²) in [4.78, 5) is 9.63. The van der Waals surface area contributed by atoms with Crippen LogP contribution in [0.3, 0.4) is 0 Å². The second-order valence-electron chi connectivity index (χ2n) is 5.98. The zero-order chi connectivity index (χ0) is 17.0. The van der Waals surface area contributed by atoms with Crippen molar-refractivity contribution in [1.82, 2.24) is 4.98 Å². The molecule has 0 radical (unpaired) electrons. The van der Waals surface area contributed by atoms with Gasteiger partial charge in [-0.2, -0.15) is 0 Å². The van der Waals surface area contributed by atoms with Gasteiger partial charge in [0.25, 0.3) is 0 Å². The molecular formula is C17H19FN2O3. The lowest BCUT2D eigenvalue weighted by atomic mass is 10.1. The molecule has 0 aliphatic carbocycles. The van der Waals surface area contributed by atoms with Gasteiger partial charge in [-0.25, -0.2) is 9.37 Å². The molecule has 1 aromatic heterocycles. The molecule has 0 atom stereocenters. The van der Waals surface area contributed by atoms with Crippen LogP contribution in [0.5, 0.6) is 5.75 Å². The summed E-state index contributed by atoms with van der Waals surface area (Å²) >= 11 is 0. The Balaban J connectivity index is 2.55. The third-order valence-corrected chi connectivity index (χ3v) is 2.85. The zero-order valence-corrected chi connectivity index (χ0v) is 13.2. The first kappa shape index (κ1) is 16.9. The summed E-state index contributed by atoms with van der Waals surface area (Å²) in [5, 5.41) is 23.4. The molecule has 0 aliphatic heterocycles. The van der Waals surface area contributed by atoms with Gasteiger partial charge in [0.05, 0.1) is 12.3 Å². The van der Waals surface area contributed by atoms with Gasteiger partial charge in [0.1, 0.15) is 28.6 Å². The molecule has 2 rings (SSSR count). The fourth-order valence-corrected chi connectivity index (χ4v) is 1.78. The highest BCUT2D eigenvalue weighted by Gasteiger charge is 2.18. The molecule has 5 nitrogen and oxygen atoms in total. The number of aliphatic hydroxyl groups is 1. The van der Waals surface area contributed by atoms with E-state index in [1.807, 2.05) is 20.8 Å². The van der Waals surface area contributed by atoms with E-state index in [1.54, 1.807) is 0 Å². The standard InChI is InChI=1S/C17H19FN2O3/c1-17(2,3)23-20-15(11-4-6-12(18)7-5-11)16-14(22)9-8-13(10-21)19-16/h4-9,21-22H,10H2,1-3H3/b20-15+. The first-order chi connectivity index (χ1) is 10.8. The lowest BCUT2D eigenvalue weighted by molar-refractivity contribution is 0.00111. The number of aromatic nitrogens is 1. The number of halogens is 1. The minimum Gasteiger partial charge on any atom is -0.506 e. The molecule has 0 aliphatic rings. The predicted molar refractivity (Wildman–Crippen MR) is 84.7 cm³/mol. The van der Waals surface area contributed by atoms with Crippen LogP contribution in [0.15, 0.2) is 41.6 Å². The normalized spacial score (nSPS) is 12.3. The van der Waals surface area contributed by atoms with Crippen molar-refractivity contribution in [1.29, 1.82) is 0 Å². The van der Waals surface area contributed by atoms with E-state index in [1.165, 1.54) is 36.4 Å². The van der Waals surface area contributed by atoms with Gasteiger partial charge in [0.15, 0.2) is 0 Å². The van der Waals surface area contributed by atoms with Gasteiger partial charge in [-0.05, 0) is 57.2 Å². The maximum atomic E-state index is 13.2. The molecule has 122 valence electrons. The van der Waals surface area contributed by atoms with Gasteiger partial charge < -0.3 is 15.1 Å². The fourth-order valence-electron chi connectivity index (χ4n) is 1.78. The highest BCUT2D eigenvalue weighted by molar-refractivity contribution is 6.12. The van der Waals surface area contributed by atoms with Crippen LogP contribution >= 0.6 is 0 Å². The monoisotopic (exact) mass is 318 g/mol. The SMILES string of the molecule is CC(C)(C)O/N=C(\c1ccc(F)cc1)c1nc(CO)ccc1O. The molecule has 0 amide bonds. The highest BCUT2D eigenvalue weighted by atomic mass is 19.1. The van der Waals surface area contributed by atoms with E-state index in [0.29, 0.717) is 11.3 Å². The zero-order valence-electron chi connectivity index (χ0n) is 13.2.